The Labute approximate surface area is 170 Å². The van der Waals surface area contributed by atoms with Crippen molar-refractivity contribution in [2.75, 3.05) is 14.2 Å². The van der Waals surface area contributed by atoms with Gasteiger partial charge in [0, 0.05) is 12.7 Å². The highest BCUT2D eigenvalue weighted by molar-refractivity contribution is 5.78. The van der Waals surface area contributed by atoms with Crippen molar-refractivity contribution < 1.29 is 19.0 Å². The van der Waals surface area contributed by atoms with Crippen molar-refractivity contribution in [1.29, 1.82) is 0 Å². The minimum absolute atomic E-state index is 0.0722. The van der Waals surface area contributed by atoms with E-state index in [1.54, 1.807) is 26.5 Å². The Balaban J connectivity index is 1.52. The first-order valence-electron chi connectivity index (χ1n) is 9.27. The third-order valence-electron chi connectivity index (χ3n) is 4.31. The van der Waals surface area contributed by atoms with Crippen molar-refractivity contribution in [1.82, 2.24) is 10.3 Å². The van der Waals surface area contributed by atoms with E-state index >= 15 is 0 Å². The zero-order chi connectivity index (χ0) is 20.5. The maximum atomic E-state index is 12.3. The number of rotatable bonds is 9. The Morgan fingerprint density at radius 1 is 0.931 bits per heavy atom. The van der Waals surface area contributed by atoms with Crippen molar-refractivity contribution >= 4 is 5.91 Å². The molecule has 0 aliphatic rings. The molecule has 0 aliphatic heterocycles. The summed E-state index contributed by atoms with van der Waals surface area (Å²) in [5, 5.41) is 2.94. The fraction of sp³-hybridized carbons (Fsp3) is 0.217. The third kappa shape index (κ3) is 5.97. The molecule has 1 heterocycles. The van der Waals surface area contributed by atoms with Crippen LogP contribution in [0.2, 0.25) is 0 Å². The number of hydrogen-bond acceptors (Lipinski definition) is 5. The monoisotopic (exact) mass is 392 g/mol. The molecule has 150 valence electrons. The van der Waals surface area contributed by atoms with Gasteiger partial charge in [0.2, 0.25) is 5.91 Å². The van der Waals surface area contributed by atoms with Crippen LogP contribution in [0.3, 0.4) is 0 Å². The minimum Gasteiger partial charge on any atom is -0.493 e. The fourth-order valence-corrected chi connectivity index (χ4v) is 2.83. The summed E-state index contributed by atoms with van der Waals surface area (Å²) < 4.78 is 16.3. The van der Waals surface area contributed by atoms with E-state index in [2.05, 4.69) is 10.3 Å². The van der Waals surface area contributed by atoms with E-state index in [1.807, 2.05) is 54.6 Å². The zero-order valence-corrected chi connectivity index (χ0v) is 16.6. The predicted octanol–water partition coefficient (Wildman–Crippen LogP) is 3.54. The Bertz CT molecular complexity index is 945. The molecule has 1 amide bonds. The van der Waals surface area contributed by atoms with Crippen LogP contribution in [-0.2, 0) is 24.4 Å². The second-order valence-electron chi connectivity index (χ2n) is 6.40. The Morgan fingerprint density at radius 3 is 2.55 bits per heavy atom. The largest absolute Gasteiger partial charge is 0.493 e. The lowest BCUT2D eigenvalue weighted by Crippen LogP contribution is -2.24. The number of ether oxygens (including phenoxy) is 3. The van der Waals surface area contributed by atoms with Gasteiger partial charge in [-0.2, -0.15) is 0 Å². The molecule has 1 N–H and O–H groups in total. The van der Waals surface area contributed by atoms with E-state index in [0.29, 0.717) is 24.7 Å². The summed E-state index contributed by atoms with van der Waals surface area (Å²) in [6.45, 7) is 0.822. The molecule has 6 nitrogen and oxygen atoms in total. The van der Waals surface area contributed by atoms with E-state index in [4.69, 9.17) is 14.2 Å². The Morgan fingerprint density at radius 2 is 1.79 bits per heavy atom. The van der Waals surface area contributed by atoms with Gasteiger partial charge in [0.05, 0.1) is 26.3 Å². The summed E-state index contributed by atoms with van der Waals surface area (Å²) in [4.78, 5) is 16.6. The normalized spacial score (nSPS) is 10.3. The van der Waals surface area contributed by atoms with Crippen LogP contribution in [0.5, 0.6) is 17.2 Å². The maximum Gasteiger partial charge on any atom is 0.224 e. The highest BCUT2D eigenvalue weighted by Gasteiger charge is 2.08. The molecule has 0 bridgehead atoms. The summed E-state index contributed by atoms with van der Waals surface area (Å²) in [5.74, 6) is 1.91. The van der Waals surface area contributed by atoms with E-state index in [0.717, 1.165) is 22.6 Å². The van der Waals surface area contributed by atoms with Crippen molar-refractivity contribution in [2.45, 2.75) is 19.6 Å². The van der Waals surface area contributed by atoms with E-state index in [-0.39, 0.29) is 12.3 Å². The maximum absolute atomic E-state index is 12.3. The molecule has 1 aromatic heterocycles. The average molecular weight is 392 g/mol. The molecule has 6 heteroatoms. The highest BCUT2D eigenvalue weighted by atomic mass is 16.5. The van der Waals surface area contributed by atoms with Crippen LogP contribution < -0.4 is 19.5 Å². The van der Waals surface area contributed by atoms with Gasteiger partial charge in [0.1, 0.15) is 12.4 Å². The molecule has 0 fully saturated rings. The molecule has 29 heavy (non-hydrogen) atoms. The number of nitrogens with one attached hydrogen (secondary N) is 1. The van der Waals surface area contributed by atoms with Crippen LogP contribution in [0.25, 0.3) is 0 Å². The molecule has 0 atom stereocenters. The molecular formula is C23H24N2O4. The van der Waals surface area contributed by atoms with Crippen LogP contribution in [0, 0.1) is 0 Å². The minimum atomic E-state index is -0.0722. The van der Waals surface area contributed by atoms with Crippen LogP contribution in [0.4, 0.5) is 0 Å². The number of aromatic nitrogens is 1. The van der Waals surface area contributed by atoms with Gasteiger partial charge in [0.15, 0.2) is 11.5 Å². The smallest absolute Gasteiger partial charge is 0.224 e. The van der Waals surface area contributed by atoms with E-state index < -0.39 is 0 Å². The third-order valence-corrected chi connectivity index (χ3v) is 4.31. The zero-order valence-electron chi connectivity index (χ0n) is 16.6. The molecule has 0 saturated heterocycles. The number of amides is 1. The van der Waals surface area contributed by atoms with Gasteiger partial charge in [-0.15, -0.1) is 0 Å². The SMILES string of the molecule is COc1ccc(CC(=O)NCc2cccc(OCc3ccccn3)c2)cc1OC. The van der Waals surface area contributed by atoms with Gasteiger partial charge >= 0.3 is 0 Å². The van der Waals surface area contributed by atoms with Gasteiger partial charge in [-0.25, -0.2) is 0 Å². The molecule has 0 saturated carbocycles. The van der Waals surface area contributed by atoms with Gasteiger partial charge in [-0.1, -0.05) is 24.3 Å². The summed E-state index contributed by atoms with van der Waals surface area (Å²) in [6, 6.07) is 18.8. The van der Waals surface area contributed by atoms with Crippen molar-refractivity contribution in [3.8, 4) is 17.2 Å². The first-order valence-corrected chi connectivity index (χ1v) is 9.27. The second kappa shape index (κ2) is 10.1. The van der Waals surface area contributed by atoms with Crippen LogP contribution in [-0.4, -0.2) is 25.1 Å². The molecular weight excluding hydrogens is 368 g/mol. The molecule has 2 aromatic carbocycles. The number of hydrogen-bond donors (Lipinski definition) is 1. The fourth-order valence-electron chi connectivity index (χ4n) is 2.83. The van der Waals surface area contributed by atoms with Crippen LogP contribution >= 0.6 is 0 Å². The number of carbonyl (C=O) groups excluding carboxylic acids is 1. The number of nitrogens with zero attached hydrogens (tertiary/aromatic N) is 1. The molecule has 0 aliphatic carbocycles. The predicted molar refractivity (Wildman–Crippen MR) is 110 cm³/mol. The number of pyridine rings is 1. The number of methoxy groups -OCH3 is 2. The van der Waals surface area contributed by atoms with Gasteiger partial charge in [-0.05, 0) is 47.5 Å². The second-order valence-corrected chi connectivity index (χ2v) is 6.40. The lowest BCUT2D eigenvalue weighted by atomic mass is 10.1. The lowest BCUT2D eigenvalue weighted by Gasteiger charge is -2.11. The topological polar surface area (TPSA) is 69.7 Å². The van der Waals surface area contributed by atoms with Crippen molar-refractivity contribution in [3.05, 3.63) is 83.7 Å². The Hall–Kier alpha value is -3.54. The Kier molecular flexibility index (Phi) is 7.05. The van der Waals surface area contributed by atoms with E-state index in [9.17, 15) is 4.79 Å². The highest BCUT2D eigenvalue weighted by Crippen LogP contribution is 2.27. The number of benzene rings is 2. The van der Waals surface area contributed by atoms with Gasteiger partial charge < -0.3 is 19.5 Å². The summed E-state index contributed by atoms with van der Waals surface area (Å²) >= 11 is 0. The van der Waals surface area contributed by atoms with Crippen molar-refractivity contribution in [3.63, 3.8) is 0 Å². The summed E-state index contributed by atoms with van der Waals surface area (Å²) in [6.07, 6.45) is 2.00. The van der Waals surface area contributed by atoms with Crippen LogP contribution in [0.15, 0.2) is 66.9 Å². The summed E-state index contributed by atoms with van der Waals surface area (Å²) in [7, 11) is 3.16. The molecule has 0 radical (unpaired) electrons. The van der Waals surface area contributed by atoms with Crippen molar-refractivity contribution in [2.24, 2.45) is 0 Å². The number of carbonyl (C=O) groups is 1. The molecule has 0 spiro atoms. The van der Waals surface area contributed by atoms with Crippen LogP contribution in [0.1, 0.15) is 16.8 Å². The summed E-state index contributed by atoms with van der Waals surface area (Å²) in [5.41, 5.74) is 2.68. The van der Waals surface area contributed by atoms with Gasteiger partial charge in [0.25, 0.3) is 0 Å². The molecule has 3 rings (SSSR count). The quantitative estimate of drug-likeness (QED) is 0.603. The first kappa shape index (κ1) is 20.2. The molecule has 3 aromatic rings. The first-order chi connectivity index (χ1) is 14.2. The standard InChI is InChI=1S/C23H24N2O4/c1-27-21-10-9-17(13-22(21)28-2)14-23(26)25-15-18-6-5-8-20(12-18)29-16-19-7-3-4-11-24-19/h3-13H,14-16H2,1-2H3,(H,25,26). The average Bonchev–Trinajstić information content (AvgIpc) is 2.77. The van der Waals surface area contributed by atoms with Gasteiger partial charge in [-0.3, -0.25) is 9.78 Å². The van der Waals surface area contributed by atoms with E-state index in [1.165, 1.54) is 0 Å². The lowest BCUT2D eigenvalue weighted by molar-refractivity contribution is -0.120. The molecule has 0 unspecified atom stereocenters.